The third-order valence-corrected chi connectivity index (χ3v) is 19.7. The second-order valence-corrected chi connectivity index (χ2v) is 30.5. The Hall–Kier alpha value is -9.01. The van der Waals surface area contributed by atoms with E-state index in [2.05, 4.69) is 86.7 Å². The van der Waals surface area contributed by atoms with Gasteiger partial charge in [0.1, 0.15) is 66.5 Å². The Labute approximate surface area is 689 Å². The maximum Gasteiger partial charge on any atom is 0.245 e. The summed E-state index contributed by atoms with van der Waals surface area (Å²) in [6.45, 7) is 10.1. The number of hydrogen-bond acceptors (Lipinski definition) is 22. The van der Waals surface area contributed by atoms with Crippen LogP contribution in [0.25, 0.3) is 0 Å². The highest BCUT2D eigenvalue weighted by molar-refractivity contribution is 6.00. The van der Waals surface area contributed by atoms with Crippen LogP contribution in [0, 0.1) is 5.92 Å². The fourth-order valence-corrected chi connectivity index (χ4v) is 12.9. The monoisotopic (exact) mass is 1660 g/mol. The van der Waals surface area contributed by atoms with E-state index in [0.717, 1.165) is 77.0 Å². The summed E-state index contributed by atoms with van der Waals surface area (Å²) in [6, 6.07) is -8.10. The number of amides is 15. The van der Waals surface area contributed by atoms with Gasteiger partial charge in [-0.1, -0.05) is 122 Å². The standard InChI is InChI=1S/C80H142N20O17/c1-7-9-11-12-13-20-29-55(90-67(106)33-23-17-26-47-88-66(105)32-22-16-25-46-87-65(104)31-21-15-24-45-86-64(103)30-10-8-2)70(107)92-60(38-44-85)76(113)100-69(53(6)102)80(117)96-58(36-42-83)72(109)95-61-39-48-89-79(116)68(52(5)101)99-75(112)59(37-43-84)93-71(108)56(34-40-81)94-77(114)62(49-51(3)4)97-78(115)63(50-54-27-18-14-19-28-54)98-73(110)57(35-41-82)91-74(61)111/h14,18-19,27-28,51-53,55-63,68-69,101-102H,7-13,15-17,20-26,29-50,81-85H2,1-6H3,(H,86,103)(H,87,104)(H,88,105)(H,89,116)(H,90,106)(H,91,111)(H,92,107)(H,93,108)(H,94,114)(H,95,109)(H,96,117)(H,97,115)(H,98,110)(H,99,112)(H,100,113)/t52-,53-,55+,56+,57+,58+,59+,60+,61+,62+,63-,68+,69+/m1/s1. The van der Waals surface area contributed by atoms with Crippen molar-refractivity contribution in [2.24, 2.45) is 34.6 Å². The van der Waals surface area contributed by atoms with Crippen LogP contribution in [0.15, 0.2) is 30.3 Å². The fourth-order valence-electron chi connectivity index (χ4n) is 12.9. The van der Waals surface area contributed by atoms with Crippen molar-refractivity contribution in [3.8, 4) is 0 Å². The van der Waals surface area contributed by atoms with Gasteiger partial charge in [-0.15, -0.1) is 0 Å². The Morgan fingerprint density at radius 1 is 0.419 bits per heavy atom. The average Bonchev–Trinajstić information content (AvgIpc) is 1.32. The summed E-state index contributed by atoms with van der Waals surface area (Å²) < 4.78 is 0. The molecule has 1 aliphatic rings. The minimum Gasteiger partial charge on any atom is -0.391 e. The molecule has 1 heterocycles. The number of benzene rings is 1. The number of aliphatic hydroxyl groups excluding tert-OH is 2. The largest absolute Gasteiger partial charge is 0.391 e. The van der Waals surface area contributed by atoms with E-state index >= 15 is 0 Å². The van der Waals surface area contributed by atoms with Crippen molar-refractivity contribution in [2.45, 2.75) is 313 Å². The highest BCUT2D eigenvalue weighted by atomic mass is 16.3. The van der Waals surface area contributed by atoms with E-state index in [1.165, 1.54) is 13.8 Å². The lowest BCUT2D eigenvalue weighted by Gasteiger charge is -2.29. The summed E-state index contributed by atoms with van der Waals surface area (Å²) in [6.07, 6.45) is 9.71. The zero-order chi connectivity index (χ0) is 87.0. The number of aliphatic hydroxyl groups is 2. The third kappa shape index (κ3) is 44.4. The highest BCUT2D eigenvalue weighted by Crippen LogP contribution is 2.15. The van der Waals surface area contributed by atoms with Crippen LogP contribution in [0.4, 0.5) is 0 Å². The first-order chi connectivity index (χ1) is 56.0. The molecule has 37 heteroatoms. The van der Waals surface area contributed by atoms with E-state index in [1.807, 2.05) is 6.92 Å². The van der Waals surface area contributed by atoms with Gasteiger partial charge in [-0.25, -0.2) is 0 Å². The predicted octanol–water partition coefficient (Wildman–Crippen LogP) is -2.40. The number of nitrogens with two attached hydrogens (primary N) is 5. The van der Waals surface area contributed by atoms with Crippen LogP contribution in [-0.4, -0.2) is 236 Å². The Morgan fingerprint density at radius 2 is 0.829 bits per heavy atom. The number of nitrogens with one attached hydrogen (secondary N) is 15. The van der Waals surface area contributed by atoms with E-state index in [1.54, 1.807) is 44.2 Å². The molecule has 13 atom stereocenters. The van der Waals surface area contributed by atoms with Gasteiger partial charge in [0.2, 0.25) is 88.6 Å². The first kappa shape index (κ1) is 104. The van der Waals surface area contributed by atoms with Crippen LogP contribution in [0.5, 0.6) is 0 Å². The molecule has 664 valence electrons. The molecule has 0 spiro atoms. The molecular weight excluding hydrogens is 1510 g/mol. The summed E-state index contributed by atoms with van der Waals surface area (Å²) in [5, 5.41) is 61.8. The molecule has 0 bridgehead atoms. The first-order valence-electron chi connectivity index (χ1n) is 42.3. The number of unbranched alkanes of at least 4 members (excludes halogenated alkanes) is 12. The molecule has 1 aromatic carbocycles. The van der Waals surface area contributed by atoms with Crippen molar-refractivity contribution >= 4 is 88.6 Å². The fraction of sp³-hybridized carbons (Fsp3) is 0.738. The van der Waals surface area contributed by atoms with Crippen LogP contribution < -0.4 is 108 Å². The number of carbonyl (C=O) groups excluding carboxylic acids is 15. The Balaban J connectivity index is 2.37. The molecule has 1 aromatic rings. The molecule has 1 fully saturated rings. The normalized spacial score (nSPS) is 19.6. The number of rotatable bonds is 53. The summed E-state index contributed by atoms with van der Waals surface area (Å²) in [4.78, 5) is 208. The molecule has 1 aliphatic heterocycles. The predicted molar refractivity (Wildman–Crippen MR) is 442 cm³/mol. The zero-order valence-electron chi connectivity index (χ0n) is 70.0. The Bertz CT molecular complexity index is 3190. The van der Waals surface area contributed by atoms with Gasteiger partial charge in [0, 0.05) is 58.3 Å². The smallest absolute Gasteiger partial charge is 0.245 e. The molecule has 0 radical (unpaired) electrons. The first-order valence-corrected chi connectivity index (χ1v) is 42.3. The van der Waals surface area contributed by atoms with Crippen LogP contribution in [0.2, 0.25) is 0 Å². The highest BCUT2D eigenvalue weighted by Gasteiger charge is 2.38. The van der Waals surface area contributed by atoms with Gasteiger partial charge in [-0.05, 0) is 154 Å². The summed E-state index contributed by atoms with van der Waals surface area (Å²) >= 11 is 0. The van der Waals surface area contributed by atoms with E-state index in [9.17, 15) is 82.1 Å². The summed E-state index contributed by atoms with van der Waals surface area (Å²) in [5.41, 5.74) is 30.3. The second-order valence-electron chi connectivity index (χ2n) is 30.5. The molecule has 0 saturated carbocycles. The van der Waals surface area contributed by atoms with Crippen molar-refractivity contribution in [1.82, 2.24) is 79.8 Å². The lowest BCUT2D eigenvalue weighted by atomic mass is 10.00. The van der Waals surface area contributed by atoms with Crippen molar-refractivity contribution < 1.29 is 82.1 Å². The van der Waals surface area contributed by atoms with Crippen LogP contribution in [0.3, 0.4) is 0 Å². The third-order valence-electron chi connectivity index (χ3n) is 19.7. The molecule has 15 amide bonds. The summed E-state index contributed by atoms with van der Waals surface area (Å²) in [7, 11) is 0. The van der Waals surface area contributed by atoms with Gasteiger partial charge in [-0.2, -0.15) is 0 Å². The van der Waals surface area contributed by atoms with Crippen LogP contribution in [-0.2, 0) is 78.3 Å². The van der Waals surface area contributed by atoms with Crippen LogP contribution >= 0.6 is 0 Å². The molecular formula is C80H142N20O17. The van der Waals surface area contributed by atoms with E-state index in [4.69, 9.17) is 28.7 Å². The topological polar surface area (TPSA) is 607 Å². The quantitative estimate of drug-likeness (QED) is 0.0302. The Morgan fingerprint density at radius 3 is 1.32 bits per heavy atom. The van der Waals surface area contributed by atoms with Crippen molar-refractivity contribution in [3.63, 3.8) is 0 Å². The molecule has 117 heavy (non-hydrogen) atoms. The molecule has 0 aromatic heterocycles. The van der Waals surface area contributed by atoms with E-state index in [0.29, 0.717) is 76.6 Å². The molecule has 0 unspecified atom stereocenters. The van der Waals surface area contributed by atoms with Gasteiger partial charge in [0.05, 0.1) is 12.2 Å². The number of carbonyl (C=O) groups is 15. The zero-order valence-corrected chi connectivity index (χ0v) is 70.0. The van der Waals surface area contributed by atoms with Gasteiger partial charge in [0.25, 0.3) is 0 Å². The Kier molecular flexibility index (Phi) is 54.5. The molecule has 27 N–H and O–H groups in total. The van der Waals surface area contributed by atoms with Crippen LogP contribution in [0.1, 0.15) is 233 Å². The van der Waals surface area contributed by atoms with E-state index < -0.39 is 163 Å². The lowest BCUT2D eigenvalue weighted by molar-refractivity contribution is -0.137. The van der Waals surface area contributed by atoms with Crippen molar-refractivity contribution in [3.05, 3.63) is 35.9 Å². The van der Waals surface area contributed by atoms with Gasteiger partial charge >= 0.3 is 0 Å². The van der Waals surface area contributed by atoms with Gasteiger partial charge < -0.3 is 119 Å². The van der Waals surface area contributed by atoms with Crippen molar-refractivity contribution in [1.29, 1.82) is 0 Å². The summed E-state index contributed by atoms with van der Waals surface area (Å²) in [5.74, 6) is -11.2. The molecule has 37 nitrogen and oxygen atoms in total. The lowest BCUT2D eigenvalue weighted by Crippen LogP contribution is -2.62. The number of hydrogen-bond donors (Lipinski definition) is 22. The SMILES string of the molecule is CCCCCCCC[C@H](NC(=O)CCCCCNC(=O)CCCCCNC(=O)CCCCCNC(=O)CCCC)C(=O)N[C@@H](CCN)C(=O)N[C@H](C(=O)N[C@@H](CCN)C(=O)N[C@H]1CCNC(=O)[C@H]([C@@H](C)O)NC(=O)[C@H](CCN)NC(=O)[C@H](CCN)NC(=O)[C@H](CC(C)C)NC(=O)[C@@H](Cc2ccccc2)NC(=O)[C@H](CCN)NC1=O)[C@@H](C)O. The molecule has 2 rings (SSSR count). The molecule has 1 saturated heterocycles. The van der Waals surface area contributed by atoms with Gasteiger partial charge in [0.15, 0.2) is 0 Å². The maximum atomic E-state index is 14.8. The second kappa shape index (κ2) is 61.3. The van der Waals surface area contributed by atoms with Gasteiger partial charge in [-0.3, -0.25) is 71.9 Å². The maximum absolute atomic E-state index is 14.8. The minimum absolute atomic E-state index is 0.0189. The average molecular weight is 1660 g/mol. The van der Waals surface area contributed by atoms with Crippen molar-refractivity contribution in [2.75, 3.05) is 58.9 Å². The molecule has 0 aliphatic carbocycles. The van der Waals surface area contributed by atoms with E-state index in [-0.39, 0.29) is 114 Å². The minimum atomic E-state index is -1.83.